The molecule has 0 saturated heterocycles. The summed E-state index contributed by atoms with van der Waals surface area (Å²) in [6, 6.07) is 1.43. The second kappa shape index (κ2) is 4.35. The van der Waals surface area contributed by atoms with Gasteiger partial charge in [0.25, 0.3) is 5.56 Å². The number of aromatic nitrogens is 2. The number of rotatable bonds is 2. The lowest BCUT2D eigenvalue weighted by Gasteiger charge is -2.01. The van der Waals surface area contributed by atoms with Crippen LogP contribution in [0.15, 0.2) is 17.1 Å². The van der Waals surface area contributed by atoms with E-state index in [1.807, 2.05) is 22.6 Å². The predicted octanol–water partition coefficient (Wildman–Crippen LogP) is -0.406. The number of amides is 1. The van der Waals surface area contributed by atoms with Crippen molar-refractivity contribution in [2.75, 3.05) is 7.05 Å². The molecule has 0 aliphatic rings. The van der Waals surface area contributed by atoms with Crippen LogP contribution >= 0.6 is 22.6 Å². The van der Waals surface area contributed by atoms with Crippen molar-refractivity contribution in [2.45, 2.75) is 6.54 Å². The van der Waals surface area contributed by atoms with E-state index in [0.717, 1.165) is 8.25 Å². The van der Waals surface area contributed by atoms with Crippen molar-refractivity contribution in [1.82, 2.24) is 15.1 Å². The van der Waals surface area contributed by atoms with Crippen LogP contribution in [-0.2, 0) is 11.3 Å². The van der Waals surface area contributed by atoms with E-state index in [-0.39, 0.29) is 18.0 Å². The highest BCUT2D eigenvalue weighted by molar-refractivity contribution is 14.1. The van der Waals surface area contributed by atoms with Crippen molar-refractivity contribution in [3.05, 3.63) is 26.2 Å². The van der Waals surface area contributed by atoms with Gasteiger partial charge in [0.15, 0.2) is 0 Å². The molecular formula is C7H8IN3O2. The first-order chi connectivity index (χ1) is 6.13. The molecule has 0 saturated carbocycles. The van der Waals surface area contributed by atoms with Crippen molar-refractivity contribution < 1.29 is 4.79 Å². The number of nitrogens with zero attached hydrogens (tertiary/aromatic N) is 2. The van der Waals surface area contributed by atoms with Gasteiger partial charge in [-0.1, -0.05) is 0 Å². The normalized spacial score (nSPS) is 9.69. The third-order valence-corrected chi connectivity index (χ3v) is 2.00. The summed E-state index contributed by atoms with van der Waals surface area (Å²) in [6.07, 6.45) is 1.53. The van der Waals surface area contributed by atoms with Gasteiger partial charge in [-0.3, -0.25) is 9.59 Å². The minimum atomic E-state index is -0.268. The fourth-order valence-electron chi connectivity index (χ4n) is 0.745. The van der Waals surface area contributed by atoms with Crippen LogP contribution in [0.2, 0.25) is 0 Å². The molecule has 0 spiro atoms. The minimum absolute atomic E-state index is 0.0355. The van der Waals surface area contributed by atoms with Crippen molar-refractivity contribution in [1.29, 1.82) is 0 Å². The largest absolute Gasteiger partial charge is 0.358 e. The van der Waals surface area contributed by atoms with Crippen molar-refractivity contribution in [2.24, 2.45) is 0 Å². The molecule has 1 aromatic heterocycles. The highest BCUT2D eigenvalue weighted by Crippen LogP contribution is 1.95. The van der Waals surface area contributed by atoms with Crippen LogP contribution in [0.3, 0.4) is 0 Å². The standard InChI is InChI=1S/C7H8IN3O2/c1-9-6(12)4-11-7(13)2-5(8)3-10-11/h2-3H,4H2,1H3,(H,9,12). The summed E-state index contributed by atoms with van der Waals surface area (Å²) in [5.74, 6) is -0.240. The van der Waals surface area contributed by atoms with Gasteiger partial charge in [0.05, 0.1) is 6.20 Å². The monoisotopic (exact) mass is 293 g/mol. The summed E-state index contributed by atoms with van der Waals surface area (Å²) in [5.41, 5.74) is -0.268. The first-order valence-electron chi connectivity index (χ1n) is 3.56. The van der Waals surface area contributed by atoms with Crippen LogP contribution < -0.4 is 10.9 Å². The van der Waals surface area contributed by atoms with Gasteiger partial charge in [0.1, 0.15) is 6.54 Å². The van der Waals surface area contributed by atoms with E-state index in [9.17, 15) is 9.59 Å². The molecule has 0 unspecified atom stereocenters. The molecule has 70 valence electrons. The molecule has 0 aliphatic carbocycles. The van der Waals surface area contributed by atoms with Gasteiger partial charge in [-0.05, 0) is 22.6 Å². The quantitative estimate of drug-likeness (QED) is 0.754. The topological polar surface area (TPSA) is 64.0 Å². The second-order valence-electron chi connectivity index (χ2n) is 2.34. The Balaban J connectivity index is 2.90. The van der Waals surface area contributed by atoms with E-state index in [0.29, 0.717) is 0 Å². The SMILES string of the molecule is CNC(=O)Cn1ncc(I)cc1=O. The van der Waals surface area contributed by atoms with E-state index in [2.05, 4.69) is 10.4 Å². The van der Waals surface area contributed by atoms with Gasteiger partial charge in [-0.2, -0.15) is 5.10 Å². The maximum atomic E-state index is 11.2. The Hall–Kier alpha value is -0.920. The number of carbonyl (C=O) groups excluding carboxylic acids is 1. The number of hydrogen-bond acceptors (Lipinski definition) is 3. The zero-order valence-electron chi connectivity index (χ0n) is 6.95. The van der Waals surface area contributed by atoms with Crippen LogP contribution in [0.25, 0.3) is 0 Å². The van der Waals surface area contributed by atoms with E-state index in [1.165, 1.54) is 19.3 Å². The molecule has 0 fully saturated rings. The Morgan fingerprint density at radius 1 is 1.77 bits per heavy atom. The fraction of sp³-hybridized carbons (Fsp3) is 0.286. The van der Waals surface area contributed by atoms with E-state index in [4.69, 9.17) is 0 Å². The van der Waals surface area contributed by atoms with Gasteiger partial charge in [-0.15, -0.1) is 0 Å². The molecule has 1 heterocycles. The van der Waals surface area contributed by atoms with Gasteiger partial charge >= 0.3 is 0 Å². The van der Waals surface area contributed by atoms with Crippen molar-refractivity contribution in [3.8, 4) is 0 Å². The molecule has 1 rings (SSSR count). The van der Waals surface area contributed by atoms with Gasteiger partial charge in [0, 0.05) is 16.7 Å². The molecule has 1 N–H and O–H groups in total. The number of nitrogens with one attached hydrogen (secondary N) is 1. The molecule has 6 heteroatoms. The lowest BCUT2D eigenvalue weighted by Crippen LogP contribution is -2.31. The Labute approximate surface area is 88.3 Å². The number of likely N-dealkylation sites (N-methyl/N-ethyl adjacent to an activating group) is 1. The number of halogens is 1. The van der Waals surface area contributed by atoms with Crippen LogP contribution in [0.4, 0.5) is 0 Å². The average molecular weight is 293 g/mol. The van der Waals surface area contributed by atoms with Gasteiger partial charge in [-0.25, -0.2) is 4.68 Å². The Bertz CT molecular complexity index is 374. The molecule has 0 aromatic carbocycles. The molecule has 13 heavy (non-hydrogen) atoms. The van der Waals surface area contributed by atoms with E-state index >= 15 is 0 Å². The maximum absolute atomic E-state index is 11.2. The fourth-order valence-corrected chi connectivity index (χ4v) is 1.14. The molecule has 0 bridgehead atoms. The average Bonchev–Trinajstić information content (AvgIpc) is 2.09. The Morgan fingerprint density at radius 2 is 2.46 bits per heavy atom. The molecule has 0 aliphatic heterocycles. The van der Waals surface area contributed by atoms with Gasteiger partial charge in [0.2, 0.25) is 5.91 Å². The smallest absolute Gasteiger partial charge is 0.268 e. The summed E-state index contributed by atoms with van der Waals surface area (Å²) < 4.78 is 1.87. The van der Waals surface area contributed by atoms with E-state index in [1.54, 1.807) is 0 Å². The Morgan fingerprint density at radius 3 is 3.00 bits per heavy atom. The summed E-state index contributed by atoms with van der Waals surface area (Å²) in [4.78, 5) is 22.1. The molecular weight excluding hydrogens is 285 g/mol. The molecule has 5 nitrogen and oxygen atoms in total. The van der Waals surface area contributed by atoms with Crippen LogP contribution in [0.1, 0.15) is 0 Å². The summed E-state index contributed by atoms with van der Waals surface area (Å²) in [7, 11) is 1.51. The summed E-state index contributed by atoms with van der Waals surface area (Å²) >= 11 is 1.99. The first-order valence-corrected chi connectivity index (χ1v) is 4.64. The van der Waals surface area contributed by atoms with Crippen molar-refractivity contribution in [3.63, 3.8) is 0 Å². The lowest BCUT2D eigenvalue weighted by molar-refractivity contribution is -0.121. The first kappa shape index (κ1) is 10.2. The predicted molar refractivity (Wildman–Crippen MR) is 55.3 cm³/mol. The van der Waals surface area contributed by atoms with Crippen LogP contribution in [0, 0.1) is 3.57 Å². The minimum Gasteiger partial charge on any atom is -0.358 e. The highest BCUT2D eigenvalue weighted by atomic mass is 127. The van der Waals surface area contributed by atoms with Gasteiger partial charge < -0.3 is 5.32 Å². The van der Waals surface area contributed by atoms with Crippen LogP contribution in [-0.4, -0.2) is 22.7 Å². The maximum Gasteiger partial charge on any atom is 0.268 e. The summed E-state index contributed by atoms with van der Waals surface area (Å²) in [6.45, 7) is -0.0355. The third kappa shape index (κ3) is 2.79. The zero-order chi connectivity index (χ0) is 9.84. The highest BCUT2D eigenvalue weighted by Gasteiger charge is 2.02. The second-order valence-corrected chi connectivity index (χ2v) is 3.59. The lowest BCUT2D eigenvalue weighted by atomic mass is 10.5. The molecule has 1 aromatic rings. The molecule has 0 atom stereocenters. The number of hydrogen-bond donors (Lipinski definition) is 1. The molecule has 0 radical (unpaired) electrons. The van der Waals surface area contributed by atoms with Crippen molar-refractivity contribution >= 4 is 28.5 Å². The molecule has 1 amide bonds. The number of carbonyl (C=O) groups is 1. The zero-order valence-corrected chi connectivity index (χ0v) is 9.11. The Kier molecular flexibility index (Phi) is 3.40. The van der Waals surface area contributed by atoms with E-state index < -0.39 is 0 Å². The van der Waals surface area contributed by atoms with Crippen LogP contribution in [0.5, 0.6) is 0 Å². The third-order valence-electron chi connectivity index (χ3n) is 1.41. The summed E-state index contributed by atoms with van der Waals surface area (Å²) in [5, 5.41) is 6.22.